The summed E-state index contributed by atoms with van der Waals surface area (Å²) in [7, 11) is 1.47. The number of nitrogens with one attached hydrogen (secondary N) is 1. The van der Waals surface area contributed by atoms with Gasteiger partial charge >= 0.3 is 0 Å². The molecule has 252 valence electrons. The molecule has 0 aromatic heterocycles. The fourth-order valence-corrected chi connectivity index (χ4v) is 9.90. The van der Waals surface area contributed by atoms with Gasteiger partial charge in [0.05, 0.1) is 19.8 Å². The number of aryl methyl sites for hydroxylation is 1. The van der Waals surface area contributed by atoms with Crippen molar-refractivity contribution in [3.8, 4) is 34.8 Å². The van der Waals surface area contributed by atoms with E-state index in [1.165, 1.54) is 13.2 Å². The van der Waals surface area contributed by atoms with Gasteiger partial charge in [-0.05, 0) is 90.1 Å². The van der Waals surface area contributed by atoms with Crippen molar-refractivity contribution in [1.82, 2.24) is 5.32 Å². The van der Waals surface area contributed by atoms with Gasteiger partial charge in [-0.15, -0.1) is 0 Å². The number of aliphatic hydroxyl groups is 2. The second kappa shape index (κ2) is 13.1. The Morgan fingerprint density at radius 2 is 1.75 bits per heavy atom. The molecule has 8 unspecified atom stereocenters. The molecular formula is C40H45NO7. The normalized spacial score (nSPS) is 31.2. The van der Waals surface area contributed by atoms with Crippen molar-refractivity contribution in [2.45, 2.75) is 81.5 Å². The molecule has 0 radical (unpaired) electrons. The molecule has 1 saturated carbocycles. The molecule has 8 atom stereocenters. The minimum absolute atomic E-state index is 0.0400. The SMILES string of the molecule is COc1cc(C2CC(=O)CC(O)C3C(C#CC2Cc2ccccc2)CNC2CCCC4CCc5cc(O)c(O)cc5C423)c(CO)cc1O. The Morgan fingerprint density at radius 1 is 0.958 bits per heavy atom. The van der Waals surface area contributed by atoms with Crippen LogP contribution in [0.4, 0.5) is 0 Å². The molecule has 1 heterocycles. The highest BCUT2D eigenvalue weighted by molar-refractivity contribution is 5.80. The maximum atomic E-state index is 14.2. The number of rotatable bonds is 5. The first-order chi connectivity index (χ1) is 23.2. The van der Waals surface area contributed by atoms with Gasteiger partial charge < -0.3 is 35.6 Å². The van der Waals surface area contributed by atoms with E-state index in [2.05, 4.69) is 29.3 Å². The van der Waals surface area contributed by atoms with Gasteiger partial charge in [-0.3, -0.25) is 4.79 Å². The smallest absolute Gasteiger partial charge is 0.160 e. The van der Waals surface area contributed by atoms with E-state index < -0.39 is 17.4 Å². The summed E-state index contributed by atoms with van der Waals surface area (Å²) < 4.78 is 5.45. The molecule has 0 amide bonds. The van der Waals surface area contributed by atoms with E-state index in [0.717, 1.165) is 48.8 Å². The lowest BCUT2D eigenvalue weighted by molar-refractivity contribution is -0.125. The number of hydrogen-bond acceptors (Lipinski definition) is 8. The van der Waals surface area contributed by atoms with Crippen LogP contribution < -0.4 is 10.1 Å². The number of phenols is 3. The number of aromatic hydroxyl groups is 3. The fourth-order valence-electron chi connectivity index (χ4n) is 9.90. The van der Waals surface area contributed by atoms with Crippen molar-refractivity contribution in [3.05, 3.63) is 82.4 Å². The molecule has 1 spiro atoms. The number of ketones is 1. The Labute approximate surface area is 281 Å². The van der Waals surface area contributed by atoms with Crippen molar-refractivity contribution in [3.63, 3.8) is 0 Å². The number of aliphatic hydroxyl groups excluding tert-OH is 2. The van der Waals surface area contributed by atoms with Crippen molar-refractivity contribution in [2.75, 3.05) is 13.7 Å². The number of fused-ring (bicyclic) bond motifs is 2. The van der Waals surface area contributed by atoms with Crippen LogP contribution in [-0.4, -0.2) is 57.1 Å². The standard InChI is InChI=1S/C40H45NO7/c1-48-37-19-31(27(22-42)16-35(37)46)30-17-29(43)18-36(47)39-26(11-10-24(30)14-23-6-3-2-4-7-23)21-41-38-9-5-8-28-13-12-25-15-33(44)34(45)20-32(25)40(28,38)39/h2-4,6-7,15-16,19-20,24,26,28,30,36,38-39,41-42,44-47H,5,8-9,12-14,17-18,21-22H2,1H3. The van der Waals surface area contributed by atoms with Crippen LogP contribution in [0.2, 0.25) is 0 Å². The van der Waals surface area contributed by atoms with Gasteiger partial charge in [0, 0.05) is 54.5 Å². The summed E-state index contributed by atoms with van der Waals surface area (Å²) in [5.74, 6) is 5.92. The minimum Gasteiger partial charge on any atom is -0.504 e. The third-order valence-corrected chi connectivity index (χ3v) is 11.8. The monoisotopic (exact) mass is 651 g/mol. The molecule has 48 heavy (non-hydrogen) atoms. The number of benzene rings is 3. The van der Waals surface area contributed by atoms with Crippen LogP contribution in [0, 0.1) is 35.5 Å². The number of methoxy groups -OCH3 is 1. The summed E-state index contributed by atoms with van der Waals surface area (Å²) in [5, 5.41) is 58.3. The van der Waals surface area contributed by atoms with E-state index in [-0.39, 0.29) is 77.9 Å². The zero-order chi connectivity index (χ0) is 33.6. The molecule has 2 fully saturated rings. The van der Waals surface area contributed by atoms with Gasteiger partial charge in [0.1, 0.15) is 5.78 Å². The number of hydrogen-bond donors (Lipinski definition) is 6. The zero-order valence-corrected chi connectivity index (χ0v) is 27.4. The zero-order valence-electron chi connectivity index (χ0n) is 27.4. The van der Waals surface area contributed by atoms with Crippen molar-refractivity contribution < 1.29 is 35.1 Å². The highest BCUT2D eigenvalue weighted by Gasteiger charge is 2.61. The molecule has 1 aliphatic heterocycles. The number of carbonyl (C=O) groups excluding carboxylic acids is 1. The van der Waals surface area contributed by atoms with E-state index >= 15 is 0 Å². The molecule has 3 aliphatic carbocycles. The largest absolute Gasteiger partial charge is 0.504 e. The molecule has 3 aromatic carbocycles. The van der Waals surface area contributed by atoms with E-state index in [1.54, 1.807) is 18.2 Å². The summed E-state index contributed by atoms with van der Waals surface area (Å²) in [4.78, 5) is 14.2. The van der Waals surface area contributed by atoms with E-state index in [0.29, 0.717) is 24.1 Å². The molecular weight excluding hydrogens is 606 g/mol. The highest BCUT2D eigenvalue weighted by Crippen LogP contribution is 2.60. The Balaban J connectivity index is 1.40. The van der Waals surface area contributed by atoms with Crippen LogP contribution in [0.1, 0.15) is 72.3 Å². The molecule has 8 heteroatoms. The van der Waals surface area contributed by atoms with Gasteiger partial charge in [-0.2, -0.15) is 0 Å². The second-order valence-electron chi connectivity index (χ2n) is 14.3. The molecule has 1 saturated heterocycles. The van der Waals surface area contributed by atoms with Crippen LogP contribution in [0.25, 0.3) is 0 Å². The summed E-state index contributed by atoms with van der Waals surface area (Å²) in [6.45, 7) is 0.243. The highest BCUT2D eigenvalue weighted by atomic mass is 16.5. The van der Waals surface area contributed by atoms with Crippen LogP contribution in [0.3, 0.4) is 0 Å². The molecule has 6 N–H and O–H groups in total. The van der Waals surface area contributed by atoms with Gasteiger partial charge in [-0.1, -0.05) is 48.6 Å². The Morgan fingerprint density at radius 3 is 2.52 bits per heavy atom. The van der Waals surface area contributed by atoms with Gasteiger partial charge in [0.25, 0.3) is 0 Å². The summed E-state index contributed by atoms with van der Waals surface area (Å²) in [6.07, 6.45) is 4.31. The maximum absolute atomic E-state index is 14.2. The topological polar surface area (TPSA) is 139 Å². The summed E-state index contributed by atoms with van der Waals surface area (Å²) in [6, 6.07) is 16.7. The Bertz CT molecular complexity index is 1750. The number of phenolic OH excluding ortho intramolecular Hbond substituents is 3. The first kappa shape index (κ1) is 32.5. The van der Waals surface area contributed by atoms with Gasteiger partial charge in [-0.25, -0.2) is 0 Å². The average Bonchev–Trinajstić information content (AvgIpc) is 3.08. The molecule has 8 nitrogen and oxygen atoms in total. The lowest BCUT2D eigenvalue weighted by Gasteiger charge is -2.62. The summed E-state index contributed by atoms with van der Waals surface area (Å²) >= 11 is 0. The van der Waals surface area contributed by atoms with Crippen LogP contribution in [0.5, 0.6) is 23.0 Å². The lowest BCUT2D eigenvalue weighted by atomic mass is 9.45. The third-order valence-electron chi connectivity index (χ3n) is 11.8. The quantitative estimate of drug-likeness (QED) is 0.170. The first-order valence-corrected chi connectivity index (χ1v) is 17.3. The van der Waals surface area contributed by atoms with Crippen LogP contribution >= 0.6 is 0 Å². The van der Waals surface area contributed by atoms with Crippen molar-refractivity contribution in [2.24, 2.45) is 23.7 Å². The van der Waals surface area contributed by atoms with Crippen molar-refractivity contribution >= 4 is 5.78 Å². The predicted molar refractivity (Wildman–Crippen MR) is 181 cm³/mol. The molecule has 0 bridgehead atoms. The van der Waals surface area contributed by atoms with E-state index in [9.17, 15) is 30.3 Å². The summed E-state index contributed by atoms with van der Waals surface area (Å²) in [5.41, 5.74) is 3.67. The Kier molecular flexibility index (Phi) is 8.88. The van der Waals surface area contributed by atoms with E-state index in [4.69, 9.17) is 4.74 Å². The lowest BCUT2D eigenvalue weighted by Crippen LogP contribution is -2.69. The predicted octanol–water partition coefficient (Wildman–Crippen LogP) is 4.86. The number of ether oxygens (including phenoxy) is 1. The first-order valence-electron chi connectivity index (χ1n) is 17.3. The number of carbonyl (C=O) groups is 1. The second-order valence-corrected chi connectivity index (χ2v) is 14.3. The third kappa shape index (κ3) is 5.52. The van der Waals surface area contributed by atoms with E-state index in [1.807, 2.05) is 18.2 Å². The number of Topliss-reactive ketones (excluding diaryl/α,β-unsaturated/α-hetero) is 1. The molecule has 4 aliphatic rings. The van der Waals surface area contributed by atoms with Crippen LogP contribution in [0.15, 0.2) is 54.6 Å². The van der Waals surface area contributed by atoms with Crippen molar-refractivity contribution in [1.29, 1.82) is 0 Å². The van der Waals surface area contributed by atoms with Gasteiger partial charge in [0.2, 0.25) is 0 Å². The Hall–Kier alpha value is -4.03. The maximum Gasteiger partial charge on any atom is 0.160 e. The molecule has 7 rings (SSSR count). The fraction of sp³-hybridized carbons (Fsp3) is 0.475. The average molecular weight is 652 g/mol. The van der Waals surface area contributed by atoms with Crippen LogP contribution in [-0.2, 0) is 29.7 Å². The number of piperidine rings is 1. The molecule has 3 aromatic rings. The minimum atomic E-state index is -0.970. The van der Waals surface area contributed by atoms with Gasteiger partial charge in [0.15, 0.2) is 23.0 Å².